The fraction of sp³-hybridized carbons (Fsp3) is 0.154. The van der Waals surface area contributed by atoms with Gasteiger partial charge in [0.05, 0.1) is 0 Å². The van der Waals surface area contributed by atoms with Crippen LogP contribution in [0.5, 0.6) is 0 Å². The molecule has 0 radical (unpaired) electrons. The largest absolute Gasteiger partial charge is 0.377 e. The summed E-state index contributed by atoms with van der Waals surface area (Å²) in [6.45, 7) is 0.565. The molecule has 1 heterocycles. The minimum atomic E-state index is -0.256. The van der Waals surface area contributed by atoms with E-state index in [9.17, 15) is 4.79 Å². The minimum Gasteiger partial charge on any atom is -0.377 e. The first-order valence-electron chi connectivity index (χ1n) is 5.27. The van der Waals surface area contributed by atoms with Crippen molar-refractivity contribution in [2.75, 3.05) is 0 Å². The van der Waals surface area contributed by atoms with Gasteiger partial charge >= 0.3 is 0 Å². The second-order valence-corrected chi connectivity index (χ2v) is 3.59. The Morgan fingerprint density at radius 1 is 1.25 bits per heavy atom. The molecule has 3 heteroatoms. The van der Waals surface area contributed by atoms with Gasteiger partial charge in [-0.25, -0.2) is 0 Å². The molecule has 0 saturated heterocycles. The topological polar surface area (TPSA) is 41.1 Å². The van der Waals surface area contributed by atoms with Crippen LogP contribution in [0.25, 0.3) is 0 Å². The number of carbonyl (C=O) groups is 1. The maximum atomic E-state index is 11.7. The third-order valence-electron chi connectivity index (χ3n) is 2.38. The van der Waals surface area contributed by atoms with E-state index in [1.54, 1.807) is 6.20 Å². The molecule has 82 valence electrons. The van der Waals surface area contributed by atoms with Gasteiger partial charge in [-0.1, -0.05) is 42.5 Å². The Morgan fingerprint density at radius 2 is 2.06 bits per heavy atom. The van der Waals surface area contributed by atoms with Crippen LogP contribution in [0.2, 0.25) is 0 Å². The summed E-state index contributed by atoms with van der Waals surface area (Å²) in [5.41, 5.74) is 1.10. The summed E-state index contributed by atoms with van der Waals surface area (Å²) >= 11 is 0. The normalized spacial score (nSPS) is 17.9. The van der Waals surface area contributed by atoms with E-state index < -0.39 is 0 Å². The summed E-state index contributed by atoms with van der Waals surface area (Å²) in [5.74, 6) is -0.00977. The molecule has 3 nitrogen and oxygen atoms in total. The Morgan fingerprint density at radius 3 is 2.75 bits per heavy atom. The van der Waals surface area contributed by atoms with Crippen molar-refractivity contribution in [2.45, 2.75) is 12.6 Å². The lowest BCUT2D eigenvalue weighted by molar-refractivity contribution is -0.122. The van der Waals surface area contributed by atoms with Gasteiger partial charge in [-0.2, -0.15) is 0 Å². The Hall–Kier alpha value is -2.03. The molecule has 1 amide bonds. The highest BCUT2D eigenvalue weighted by atomic mass is 16.2. The van der Waals surface area contributed by atoms with Crippen molar-refractivity contribution in [1.29, 1.82) is 0 Å². The molecule has 16 heavy (non-hydrogen) atoms. The quantitative estimate of drug-likeness (QED) is 0.797. The third kappa shape index (κ3) is 2.73. The van der Waals surface area contributed by atoms with Gasteiger partial charge in [0, 0.05) is 6.54 Å². The van der Waals surface area contributed by atoms with Gasteiger partial charge in [0.15, 0.2) is 0 Å². The number of allylic oxidation sites excluding steroid dienone is 2. The summed E-state index contributed by atoms with van der Waals surface area (Å²) in [7, 11) is 0. The molecule has 1 aromatic carbocycles. The monoisotopic (exact) mass is 214 g/mol. The van der Waals surface area contributed by atoms with E-state index in [1.165, 1.54) is 0 Å². The predicted octanol–water partition coefficient (Wildman–Crippen LogP) is 1.34. The molecule has 1 unspecified atom stereocenters. The minimum absolute atomic E-state index is 0.00977. The molecule has 0 aliphatic carbocycles. The smallest absolute Gasteiger partial charge is 0.246 e. The molecule has 1 atom stereocenters. The van der Waals surface area contributed by atoms with Crippen LogP contribution in [-0.2, 0) is 11.3 Å². The number of amides is 1. The van der Waals surface area contributed by atoms with Crippen molar-refractivity contribution >= 4 is 5.91 Å². The number of nitrogens with one attached hydrogen (secondary N) is 2. The number of hydrogen-bond acceptors (Lipinski definition) is 2. The molecule has 1 aliphatic rings. The van der Waals surface area contributed by atoms with Gasteiger partial charge in [-0.3, -0.25) is 4.79 Å². The number of dihydropyridines is 1. The van der Waals surface area contributed by atoms with Crippen LogP contribution in [0.3, 0.4) is 0 Å². The van der Waals surface area contributed by atoms with Gasteiger partial charge < -0.3 is 10.6 Å². The first kappa shape index (κ1) is 10.5. The highest BCUT2D eigenvalue weighted by Crippen LogP contribution is 1.99. The van der Waals surface area contributed by atoms with Crippen molar-refractivity contribution in [3.05, 3.63) is 60.3 Å². The van der Waals surface area contributed by atoms with E-state index in [1.807, 2.05) is 48.6 Å². The van der Waals surface area contributed by atoms with Crippen LogP contribution in [-0.4, -0.2) is 11.9 Å². The van der Waals surface area contributed by atoms with E-state index in [0.717, 1.165) is 5.56 Å². The zero-order valence-electron chi connectivity index (χ0n) is 8.89. The van der Waals surface area contributed by atoms with Crippen LogP contribution in [0.15, 0.2) is 54.8 Å². The molecule has 0 fully saturated rings. The molecule has 1 aliphatic heterocycles. The van der Waals surface area contributed by atoms with Crippen molar-refractivity contribution < 1.29 is 4.79 Å². The lowest BCUT2D eigenvalue weighted by Crippen LogP contribution is -2.41. The average Bonchev–Trinajstić information content (AvgIpc) is 2.38. The Bertz CT molecular complexity index is 409. The van der Waals surface area contributed by atoms with Crippen molar-refractivity contribution in [1.82, 2.24) is 10.6 Å². The van der Waals surface area contributed by atoms with Gasteiger partial charge in [0.2, 0.25) is 5.91 Å². The summed E-state index contributed by atoms with van der Waals surface area (Å²) in [4.78, 5) is 11.7. The Kier molecular flexibility index (Phi) is 3.38. The summed E-state index contributed by atoms with van der Waals surface area (Å²) in [5, 5.41) is 5.86. The lowest BCUT2D eigenvalue weighted by Gasteiger charge is -2.15. The summed E-state index contributed by atoms with van der Waals surface area (Å²) in [6, 6.07) is 9.61. The fourth-order valence-corrected chi connectivity index (χ4v) is 1.50. The van der Waals surface area contributed by atoms with Gasteiger partial charge in [-0.05, 0) is 17.8 Å². The molecular weight excluding hydrogens is 200 g/mol. The van der Waals surface area contributed by atoms with E-state index in [0.29, 0.717) is 6.54 Å². The maximum Gasteiger partial charge on any atom is 0.246 e. The van der Waals surface area contributed by atoms with Crippen molar-refractivity contribution in [3.8, 4) is 0 Å². The zero-order chi connectivity index (χ0) is 11.2. The lowest BCUT2D eigenvalue weighted by atomic mass is 10.2. The van der Waals surface area contributed by atoms with E-state index in [-0.39, 0.29) is 11.9 Å². The van der Waals surface area contributed by atoms with E-state index in [2.05, 4.69) is 10.6 Å². The molecule has 1 aromatic rings. The fourth-order valence-electron chi connectivity index (χ4n) is 1.50. The van der Waals surface area contributed by atoms with Gasteiger partial charge in [0.1, 0.15) is 6.04 Å². The first-order valence-corrected chi connectivity index (χ1v) is 5.27. The second kappa shape index (κ2) is 5.16. The SMILES string of the molecule is O=C(NCc1ccccc1)C1C=CC=CN1. The Labute approximate surface area is 94.9 Å². The summed E-state index contributed by atoms with van der Waals surface area (Å²) < 4.78 is 0. The number of benzene rings is 1. The number of carbonyl (C=O) groups excluding carboxylic acids is 1. The van der Waals surface area contributed by atoms with Crippen molar-refractivity contribution in [2.24, 2.45) is 0 Å². The van der Waals surface area contributed by atoms with Gasteiger partial charge in [0.25, 0.3) is 0 Å². The third-order valence-corrected chi connectivity index (χ3v) is 2.38. The van der Waals surface area contributed by atoms with Crippen LogP contribution in [0.1, 0.15) is 5.56 Å². The number of hydrogen-bond donors (Lipinski definition) is 2. The molecule has 2 rings (SSSR count). The molecular formula is C13H14N2O. The number of rotatable bonds is 3. The molecule has 0 aromatic heterocycles. The van der Waals surface area contributed by atoms with E-state index >= 15 is 0 Å². The highest BCUT2D eigenvalue weighted by molar-refractivity contribution is 5.84. The second-order valence-electron chi connectivity index (χ2n) is 3.59. The van der Waals surface area contributed by atoms with Gasteiger partial charge in [-0.15, -0.1) is 0 Å². The van der Waals surface area contributed by atoms with Crippen LogP contribution in [0.4, 0.5) is 0 Å². The zero-order valence-corrected chi connectivity index (χ0v) is 8.89. The van der Waals surface area contributed by atoms with Crippen LogP contribution < -0.4 is 10.6 Å². The summed E-state index contributed by atoms with van der Waals surface area (Å²) in [6.07, 6.45) is 7.33. The van der Waals surface area contributed by atoms with Crippen LogP contribution in [0, 0.1) is 0 Å². The molecule has 0 spiro atoms. The highest BCUT2D eigenvalue weighted by Gasteiger charge is 2.13. The maximum absolute atomic E-state index is 11.7. The molecule has 2 N–H and O–H groups in total. The van der Waals surface area contributed by atoms with E-state index in [4.69, 9.17) is 0 Å². The molecule has 0 bridgehead atoms. The van der Waals surface area contributed by atoms with Crippen LogP contribution >= 0.6 is 0 Å². The molecule has 0 saturated carbocycles. The standard InChI is InChI=1S/C13H14N2O/c16-13(12-8-4-5-9-14-12)15-10-11-6-2-1-3-7-11/h1-9,12,14H,10H2,(H,15,16). The van der Waals surface area contributed by atoms with Crippen molar-refractivity contribution in [3.63, 3.8) is 0 Å². The average molecular weight is 214 g/mol. The first-order chi connectivity index (χ1) is 7.86. The predicted molar refractivity (Wildman–Crippen MR) is 63.5 cm³/mol. The Balaban J connectivity index is 1.84.